The highest BCUT2D eigenvalue weighted by Crippen LogP contribution is 2.20. The number of rotatable bonds is 3. The van der Waals surface area contributed by atoms with Gasteiger partial charge >= 0.3 is 0 Å². The highest BCUT2D eigenvalue weighted by molar-refractivity contribution is 6.11. The first-order valence-corrected chi connectivity index (χ1v) is 8.10. The van der Waals surface area contributed by atoms with Crippen LogP contribution in [0.4, 0.5) is 11.4 Å². The van der Waals surface area contributed by atoms with Gasteiger partial charge in [-0.25, -0.2) is 4.98 Å². The Balaban J connectivity index is 1.50. The number of amides is 1. The average Bonchev–Trinajstić information content (AvgIpc) is 3.12. The fourth-order valence-electron chi connectivity index (χ4n) is 3.03. The van der Waals surface area contributed by atoms with Crippen LogP contribution < -0.4 is 15.5 Å². The molecule has 0 atom stereocenters. The van der Waals surface area contributed by atoms with Crippen molar-refractivity contribution in [1.82, 2.24) is 15.3 Å². The molecule has 1 fully saturated rings. The Morgan fingerprint density at radius 1 is 1.08 bits per heavy atom. The predicted octanol–water partition coefficient (Wildman–Crippen LogP) is 2.22. The summed E-state index contributed by atoms with van der Waals surface area (Å²) in [4.78, 5) is 22.1. The van der Waals surface area contributed by atoms with E-state index < -0.39 is 0 Å². The Kier molecular flexibility index (Phi) is 3.88. The zero-order valence-electron chi connectivity index (χ0n) is 13.2. The van der Waals surface area contributed by atoms with Gasteiger partial charge in [0.1, 0.15) is 5.52 Å². The van der Waals surface area contributed by atoms with Gasteiger partial charge in [-0.05, 0) is 36.4 Å². The number of para-hydroxylation sites is 1. The van der Waals surface area contributed by atoms with E-state index in [0.717, 1.165) is 37.4 Å². The number of hydrogen-bond acceptors (Lipinski definition) is 4. The van der Waals surface area contributed by atoms with E-state index in [1.54, 1.807) is 12.4 Å². The number of nitrogens with zero attached hydrogens (tertiary/aromatic N) is 2. The minimum absolute atomic E-state index is 0.150. The third-order valence-electron chi connectivity index (χ3n) is 4.30. The number of imidazole rings is 1. The number of benzene rings is 2. The number of H-pyrrole nitrogens is 1. The lowest BCUT2D eigenvalue weighted by Crippen LogP contribution is -2.43. The lowest BCUT2D eigenvalue weighted by atomic mass is 10.1. The monoisotopic (exact) mass is 321 g/mol. The lowest BCUT2D eigenvalue weighted by molar-refractivity contribution is 0.102. The first kappa shape index (κ1) is 14.7. The number of anilines is 2. The highest BCUT2D eigenvalue weighted by Gasteiger charge is 2.13. The summed E-state index contributed by atoms with van der Waals surface area (Å²) in [5.74, 6) is -0.150. The second-order valence-electron chi connectivity index (χ2n) is 5.84. The van der Waals surface area contributed by atoms with E-state index >= 15 is 0 Å². The van der Waals surface area contributed by atoms with Crippen molar-refractivity contribution >= 4 is 28.3 Å². The second kappa shape index (κ2) is 6.33. The van der Waals surface area contributed by atoms with Gasteiger partial charge in [-0.15, -0.1) is 0 Å². The van der Waals surface area contributed by atoms with Crippen LogP contribution in [0.25, 0.3) is 11.0 Å². The van der Waals surface area contributed by atoms with E-state index in [2.05, 4.69) is 37.6 Å². The van der Waals surface area contributed by atoms with E-state index in [9.17, 15) is 4.79 Å². The number of carbonyl (C=O) groups is 1. The molecule has 0 unspecified atom stereocenters. The predicted molar refractivity (Wildman–Crippen MR) is 95.6 cm³/mol. The van der Waals surface area contributed by atoms with Crippen LogP contribution >= 0.6 is 0 Å². The van der Waals surface area contributed by atoms with Gasteiger partial charge in [-0.3, -0.25) is 4.79 Å². The van der Waals surface area contributed by atoms with Crippen molar-refractivity contribution in [2.45, 2.75) is 0 Å². The van der Waals surface area contributed by atoms with Gasteiger partial charge < -0.3 is 20.5 Å². The van der Waals surface area contributed by atoms with Gasteiger partial charge in [0, 0.05) is 37.6 Å². The van der Waals surface area contributed by atoms with Crippen molar-refractivity contribution in [3.05, 3.63) is 54.4 Å². The number of hydrogen-bond donors (Lipinski definition) is 3. The molecule has 0 aliphatic carbocycles. The minimum atomic E-state index is -0.150. The van der Waals surface area contributed by atoms with Crippen LogP contribution in [0.1, 0.15) is 10.4 Å². The summed E-state index contributed by atoms with van der Waals surface area (Å²) in [7, 11) is 0. The van der Waals surface area contributed by atoms with Gasteiger partial charge in [0.15, 0.2) is 0 Å². The maximum Gasteiger partial charge on any atom is 0.257 e. The summed E-state index contributed by atoms with van der Waals surface area (Å²) in [5.41, 5.74) is 4.08. The number of nitrogens with one attached hydrogen (secondary N) is 3. The number of fused-ring (bicyclic) bond motifs is 1. The molecule has 0 saturated carbocycles. The third kappa shape index (κ3) is 2.83. The quantitative estimate of drug-likeness (QED) is 0.692. The van der Waals surface area contributed by atoms with Crippen molar-refractivity contribution in [3.8, 4) is 0 Å². The van der Waals surface area contributed by atoms with E-state index in [4.69, 9.17) is 0 Å². The molecule has 0 spiro atoms. The van der Waals surface area contributed by atoms with Gasteiger partial charge in [0.2, 0.25) is 0 Å². The molecule has 24 heavy (non-hydrogen) atoms. The maximum absolute atomic E-state index is 12.5. The third-order valence-corrected chi connectivity index (χ3v) is 4.30. The number of aromatic amines is 1. The molecular formula is C18H19N5O. The smallest absolute Gasteiger partial charge is 0.257 e. The Morgan fingerprint density at radius 2 is 1.88 bits per heavy atom. The molecule has 1 aromatic heterocycles. The summed E-state index contributed by atoms with van der Waals surface area (Å²) < 4.78 is 0. The number of carbonyl (C=O) groups excluding carboxylic acids is 1. The lowest BCUT2D eigenvalue weighted by Gasteiger charge is -2.29. The van der Waals surface area contributed by atoms with Crippen LogP contribution in [0.15, 0.2) is 48.8 Å². The fraction of sp³-hybridized carbons (Fsp3) is 0.222. The second-order valence-corrected chi connectivity index (χ2v) is 5.84. The SMILES string of the molecule is O=C(Nc1ccc(N2CCNCC2)cc1)c1cccc2[nH]cnc12. The van der Waals surface area contributed by atoms with Crippen LogP contribution in [0.2, 0.25) is 0 Å². The summed E-state index contributed by atoms with van der Waals surface area (Å²) in [6, 6.07) is 13.5. The van der Waals surface area contributed by atoms with E-state index in [-0.39, 0.29) is 5.91 Å². The molecule has 0 radical (unpaired) electrons. The first-order valence-electron chi connectivity index (χ1n) is 8.10. The summed E-state index contributed by atoms with van der Waals surface area (Å²) in [6.07, 6.45) is 1.60. The topological polar surface area (TPSA) is 73.1 Å². The number of aromatic nitrogens is 2. The van der Waals surface area contributed by atoms with Gasteiger partial charge in [0.05, 0.1) is 17.4 Å². The molecule has 6 heteroatoms. The molecule has 1 saturated heterocycles. The molecule has 2 aromatic carbocycles. The molecule has 1 aliphatic heterocycles. The normalized spacial score (nSPS) is 14.8. The fourth-order valence-corrected chi connectivity index (χ4v) is 3.03. The summed E-state index contributed by atoms with van der Waals surface area (Å²) >= 11 is 0. The zero-order valence-corrected chi connectivity index (χ0v) is 13.2. The average molecular weight is 321 g/mol. The molecule has 1 amide bonds. The van der Waals surface area contributed by atoms with Crippen LogP contribution in [-0.4, -0.2) is 42.1 Å². The Labute approximate surface area is 139 Å². The van der Waals surface area contributed by atoms with E-state index in [0.29, 0.717) is 11.1 Å². The molecule has 3 N–H and O–H groups in total. The number of piperazine rings is 1. The maximum atomic E-state index is 12.5. The van der Waals surface area contributed by atoms with E-state index in [1.165, 1.54) is 5.69 Å². The van der Waals surface area contributed by atoms with Crippen molar-refractivity contribution in [2.24, 2.45) is 0 Å². The van der Waals surface area contributed by atoms with Crippen molar-refractivity contribution < 1.29 is 4.79 Å². The van der Waals surface area contributed by atoms with Crippen molar-refractivity contribution in [2.75, 3.05) is 36.4 Å². The van der Waals surface area contributed by atoms with Gasteiger partial charge in [0.25, 0.3) is 5.91 Å². The zero-order chi connectivity index (χ0) is 16.4. The van der Waals surface area contributed by atoms with Crippen molar-refractivity contribution in [1.29, 1.82) is 0 Å². The molecule has 4 rings (SSSR count). The summed E-state index contributed by atoms with van der Waals surface area (Å²) in [6.45, 7) is 4.03. The van der Waals surface area contributed by atoms with Crippen molar-refractivity contribution in [3.63, 3.8) is 0 Å². The van der Waals surface area contributed by atoms with Crippen LogP contribution in [0, 0.1) is 0 Å². The Bertz CT molecular complexity index is 849. The largest absolute Gasteiger partial charge is 0.369 e. The molecule has 3 aromatic rings. The van der Waals surface area contributed by atoms with Crippen LogP contribution in [0.3, 0.4) is 0 Å². The highest BCUT2D eigenvalue weighted by atomic mass is 16.1. The van der Waals surface area contributed by atoms with Crippen LogP contribution in [0.5, 0.6) is 0 Å². The molecule has 1 aliphatic rings. The Morgan fingerprint density at radius 3 is 2.67 bits per heavy atom. The standard InChI is InChI=1S/C18H19N5O/c24-18(15-2-1-3-16-17(15)21-12-20-16)22-13-4-6-14(7-5-13)23-10-8-19-9-11-23/h1-7,12,19H,8-11H2,(H,20,21)(H,22,24). The molecule has 6 nitrogen and oxygen atoms in total. The van der Waals surface area contributed by atoms with E-state index in [1.807, 2.05) is 24.3 Å². The Hall–Kier alpha value is -2.86. The van der Waals surface area contributed by atoms with Gasteiger partial charge in [-0.1, -0.05) is 6.07 Å². The molecule has 2 heterocycles. The minimum Gasteiger partial charge on any atom is -0.369 e. The molecule has 0 bridgehead atoms. The van der Waals surface area contributed by atoms with Gasteiger partial charge in [-0.2, -0.15) is 0 Å². The molecular weight excluding hydrogens is 302 g/mol. The molecule has 122 valence electrons. The summed E-state index contributed by atoms with van der Waals surface area (Å²) in [5, 5.41) is 6.29. The first-order chi connectivity index (χ1) is 11.8. The van der Waals surface area contributed by atoms with Crippen LogP contribution in [-0.2, 0) is 0 Å².